The summed E-state index contributed by atoms with van der Waals surface area (Å²) in [5, 5.41) is 0.179. The van der Waals surface area contributed by atoms with Crippen LogP contribution in [0.15, 0.2) is 60.8 Å². The number of pyridine rings is 1. The van der Waals surface area contributed by atoms with Gasteiger partial charge in [-0.25, -0.2) is 4.98 Å². The van der Waals surface area contributed by atoms with Crippen molar-refractivity contribution in [1.82, 2.24) is 9.97 Å². The molecule has 168 valence electrons. The number of carbonyl (C=O) groups excluding carboxylic acids is 1. The summed E-state index contributed by atoms with van der Waals surface area (Å²) >= 11 is 1.04. The third-order valence-corrected chi connectivity index (χ3v) is 6.13. The van der Waals surface area contributed by atoms with E-state index in [0.29, 0.717) is 27.5 Å². The fourth-order valence-electron chi connectivity index (χ4n) is 3.52. The number of thiazole rings is 1. The second-order valence-corrected chi connectivity index (χ2v) is 8.32. The molecule has 0 atom stereocenters. The van der Waals surface area contributed by atoms with Crippen molar-refractivity contribution in [2.75, 3.05) is 11.7 Å². The average Bonchev–Trinajstić information content (AvgIpc) is 3.43. The van der Waals surface area contributed by atoms with Crippen molar-refractivity contribution >= 4 is 32.6 Å². The van der Waals surface area contributed by atoms with Crippen molar-refractivity contribution < 1.29 is 27.4 Å². The average molecular weight is 471 g/mol. The smallest absolute Gasteiger partial charge is 0.418 e. The molecule has 0 saturated carbocycles. The van der Waals surface area contributed by atoms with Gasteiger partial charge in [-0.3, -0.25) is 14.7 Å². The summed E-state index contributed by atoms with van der Waals surface area (Å²) in [4.78, 5) is 23.2. The van der Waals surface area contributed by atoms with E-state index in [1.807, 2.05) is 0 Å². The Labute approximate surface area is 190 Å². The van der Waals surface area contributed by atoms with Crippen molar-refractivity contribution in [2.45, 2.75) is 19.1 Å². The highest BCUT2D eigenvalue weighted by molar-refractivity contribution is 7.22. The molecule has 6 nitrogen and oxygen atoms in total. The number of hydrogen-bond donors (Lipinski definition) is 0. The SMILES string of the molecule is O=C(Cc1ccc2c(c1)OCO2)N(Cc1ccccn1)c1nc2c(C(F)(F)F)cccc2s1. The number of fused-ring (bicyclic) bond motifs is 2. The van der Waals surface area contributed by atoms with Crippen LogP contribution in [0.2, 0.25) is 0 Å². The standard InChI is InChI=1S/C23H16F3N3O3S/c24-23(25,26)16-5-3-6-19-21(16)28-22(33-19)29(12-15-4-1-2-9-27-15)20(30)11-14-7-8-17-18(10-14)32-13-31-17/h1-10H,11-13H2. The molecule has 4 aromatic rings. The number of halogens is 3. The molecule has 3 heterocycles. The van der Waals surface area contributed by atoms with E-state index in [1.165, 1.54) is 11.0 Å². The van der Waals surface area contributed by atoms with Gasteiger partial charge < -0.3 is 9.47 Å². The molecule has 0 spiro atoms. The number of rotatable bonds is 5. The van der Waals surface area contributed by atoms with Crippen LogP contribution in [0.5, 0.6) is 11.5 Å². The van der Waals surface area contributed by atoms with Crippen LogP contribution in [-0.4, -0.2) is 22.7 Å². The maximum absolute atomic E-state index is 13.5. The molecular weight excluding hydrogens is 455 g/mol. The number of benzene rings is 2. The summed E-state index contributed by atoms with van der Waals surface area (Å²) in [6.07, 6.45) is -2.95. The van der Waals surface area contributed by atoms with Gasteiger partial charge in [0.1, 0.15) is 0 Å². The van der Waals surface area contributed by atoms with Gasteiger partial charge in [0.05, 0.1) is 34.4 Å². The van der Waals surface area contributed by atoms with E-state index in [2.05, 4.69) is 9.97 Å². The minimum atomic E-state index is -4.55. The fourth-order valence-corrected chi connectivity index (χ4v) is 4.53. The first kappa shape index (κ1) is 21.2. The Hall–Kier alpha value is -3.66. The largest absolute Gasteiger partial charge is 0.454 e. The van der Waals surface area contributed by atoms with Gasteiger partial charge in [0, 0.05) is 6.20 Å². The molecule has 1 amide bonds. The third kappa shape index (κ3) is 4.34. The highest BCUT2D eigenvalue weighted by Crippen LogP contribution is 2.39. The molecule has 33 heavy (non-hydrogen) atoms. The van der Waals surface area contributed by atoms with Gasteiger partial charge in [0.2, 0.25) is 12.7 Å². The summed E-state index contributed by atoms with van der Waals surface area (Å²) in [5.74, 6) is 0.820. The van der Waals surface area contributed by atoms with Crippen LogP contribution in [0, 0.1) is 0 Å². The van der Waals surface area contributed by atoms with E-state index >= 15 is 0 Å². The number of anilines is 1. The molecule has 1 aliphatic rings. The number of alkyl halides is 3. The zero-order valence-corrected chi connectivity index (χ0v) is 17.8. The Morgan fingerprint density at radius 3 is 2.70 bits per heavy atom. The molecule has 0 N–H and O–H groups in total. The van der Waals surface area contributed by atoms with Gasteiger partial charge in [-0.1, -0.05) is 29.5 Å². The number of para-hydroxylation sites is 1. The number of hydrogen-bond acceptors (Lipinski definition) is 6. The summed E-state index contributed by atoms with van der Waals surface area (Å²) in [6.45, 7) is 0.192. The van der Waals surface area contributed by atoms with E-state index in [9.17, 15) is 18.0 Å². The number of aromatic nitrogens is 2. The summed E-state index contributed by atoms with van der Waals surface area (Å²) < 4.78 is 51.5. The van der Waals surface area contributed by atoms with Crippen LogP contribution in [-0.2, 0) is 23.9 Å². The van der Waals surface area contributed by atoms with Gasteiger partial charge in [-0.05, 0) is 42.0 Å². The maximum Gasteiger partial charge on any atom is 0.418 e. The Balaban J connectivity index is 1.51. The van der Waals surface area contributed by atoms with Crippen LogP contribution >= 0.6 is 11.3 Å². The van der Waals surface area contributed by atoms with Crippen molar-refractivity contribution in [2.24, 2.45) is 0 Å². The van der Waals surface area contributed by atoms with Gasteiger partial charge in [-0.15, -0.1) is 0 Å². The molecule has 0 saturated heterocycles. The fraction of sp³-hybridized carbons (Fsp3) is 0.174. The number of nitrogens with zero attached hydrogens (tertiary/aromatic N) is 3. The molecule has 0 bridgehead atoms. The highest BCUT2D eigenvalue weighted by Gasteiger charge is 2.34. The van der Waals surface area contributed by atoms with Crippen molar-refractivity contribution in [3.05, 3.63) is 77.6 Å². The van der Waals surface area contributed by atoms with E-state index in [4.69, 9.17) is 9.47 Å². The zero-order chi connectivity index (χ0) is 23.0. The van der Waals surface area contributed by atoms with Crippen LogP contribution in [0.3, 0.4) is 0 Å². The third-order valence-electron chi connectivity index (χ3n) is 5.08. The predicted molar refractivity (Wildman–Crippen MR) is 116 cm³/mol. The van der Waals surface area contributed by atoms with Gasteiger partial charge >= 0.3 is 6.18 Å². The lowest BCUT2D eigenvalue weighted by atomic mass is 10.1. The topological polar surface area (TPSA) is 64.6 Å². The molecule has 2 aromatic heterocycles. The molecule has 0 radical (unpaired) electrons. The van der Waals surface area contributed by atoms with Gasteiger partial charge in [0.15, 0.2) is 16.6 Å². The van der Waals surface area contributed by atoms with Crippen LogP contribution in [0.25, 0.3) is 10.2 Å². The van der Waals surface area contributed by atoms with E-state index in [0.717, 1.165) is 17.4 Å². The molecule has 10 heteroatoms. The highest BCUT2D eigenvalue weighted by atomic mass is 32.1. The minimum absolute atomic E-state index is 0.00548. The second kappa shape index (κ2) is 8.36. The Morgan fingerprint density at radius 1 is 1.06 bits per heavy atom. The Morgan fingerprint density at radius 2 is 1.91 bits per heavy atom. The molecule has 2 aromatic carbocycles. The monoisotopic (exact) mass is 471 g/mol. The van der Waals surface area contributed by atoms with Crippen LogP contribution < -0.4 is 14.4 Å². The lowest BCUT2D eigenvalue weighted by molar-refractivity contribution is -0.136. The number of ether oxygens (including phenoxy) is 2. The van der Waals surface area contributed by atoms with E-state index < -0.39 is 11.7 Å². The van der Waals surface area contributed by atoms with Crippen molar-refractivity contribution in [1.29, 1.82) is 0 Å². The molecule has 5 rings (SSSR count). The van der Waals surface area contributed by atoms with E-state index in [-0.39, 0.29) is 36.3 Å². The Kier molecular flexibility index (Phi) is 5.37. The summed E-state index contributed by atoms with van der Waals surface area (Å²) in [7, 11) is 0. The van der Waals surface area contributed by atoms with Crippen LogP contribution in [0.4, 0.5) is 18.3 Å². The molecule has 0 unspecified atom stereocenters. The maximum atomic E-state index is 13.5. The molecule has 0 aliphatic carbocycles. The lowest BCUT2D eigenvalue weighted by Crippen LogP contribution is -2.32. The lowest BCUT2D eigenvalue weighted by Gasteiger charge is -2.19. The molecule has 0 fully saturated rings. The minimum Gasteiger partial charge on any atom is -0.454 e. The first-order valence-electron chi connectivity index (χ1n) is 9.94. The predicted octanol–water partition coefficient (Wildman–Crippen LogP) is 5.21. The second-order valence-electron chi connectivity index (χ2n) is 7.31. The van der Waals surface area contributed by atoms with Crippen molar-refractivity contribution in [3.8, 4) is 11.5 Å². The quantitative estimate of drug-likeness (QED) is 0.400. The zero-order valence-electron chi connectivity index (χ0n) is 17.0. The summed E-state index contributed by atoms with van der Waals surface area (Å²) in [5.41, 5.74) is 0.273. The Bertz CT molecular complexity index is 1330. The molecule has 1 aliphatic heterocycles. The molecular formula is C23H16F3N3O3S. The van der Waals surface area contributed by atoms with E-state index in [1.54, 1.807) is 48.7 Å². The normalized spacial score (nSPS) is 12.8. The number of carbonyl (C=O) groups is 1. The van der Waals surface area contributed by atoms with Gasteiger partial charge in [0.25, 0.3) is 0 Å². The summed E-state index contributed by atoms with van der Waals surface area (Å²) in [6, 6.07) is 14.4. The number of amides is 1. The van der Waals surface area contributed by atoms with Gasteiger partial charge in [-0.2, -0.15) is 13.2 Å². The first-order valence-corrected chi connectivity index (χ1v) is 10.8. The first-order chi connectivity index (χ1) is 15.9. The van der Waals surface area contributed by atoms with Crippen LogP contribution in [0.1, 0.15) is 16.8 Å². The van der Waals surface area contributed by atoms with Crippen molar-refractivity contribution in [3.63, 3.8) is 0 Å².